The third-order valence-corrected chi connectivity index (χ3v) is 3.10. The van der Waals surface area contributed by atoms with Gasteiger partial charge in [-0.2, -0.15) is 8.78 Å². The maximum Gasteiger partial charge on any atom is 0.368 e. The van der Waals surface area contributed by atoms with E-state index in [0.717, 1.165) is 12.1 Å². The fraction of sp³-hybridized carbons (Fsp3) is 0.385. The first-order chi connectivity index (χ1) is 9.34. The monoisotopic (exact) mass is 289 g/mol. The number of hydrogen-bond acceptors (Lipinski definition) is 2. The Morgan fingerprint density at radius 3 is 2.65 bits per heavy atom. The summed E-state index contributed by atoms with van der Waals surface area (Å²) in [6.07, 6.45) is -2.85. The molecule has 20 heavy (non-hydrogen) atoms. The molecule has 0 saturated heterocycles. The summed E-state index contributed by atoms with van der Waals surface area (Å²) < 4.78 is 50.4. The molecule has 0 aromatic heterocycles. The van der Waals surface area contributed by atoms with E-state index in [9.17, 15) is 27.2 Å². The van der Waals surface area contributed by atoms with Gasteiger partial charge in [0.05, 0.1) is 0 Å². The third kappa shape index (κ3) is 2.52. The predicted octanol–water partition coefficient (Wildman–Crippen LogP) is 2.45. The van der Waals surface area contributed by atoms with Crippen LogP contribution in [0.2, 0.25) is 0 Å². The fourth-order valence-corrected chi connectivity index (χ4v) is 2.01. The van der Waals surface area contributed by atoms with E-state index in [1.54, 1.807) is 0 Å². The average Bonchev–Trinajstić information content (AvgIpc) is 2.59. The van der Waals surface area contributed by atoms with Crippen LogP contribution in [0.25, 0.3) is 0 Å². The number of Topliss-reactive ketones (excluding diaryl/α,β-unsaturated/α-hetero) is 1. The summed E-state index contributed by atoms with van der Waals surface area (Å²) in [7, 11) is 0. The van der Waals surface area contributed by atoms with Crippen molar-refractivity contribution in [1.29, 1.82) is 0 Å². The molecule has 1 aliphatic heterocycles. The number of benzene rings is 1. The molecule has 0 aliphatic carbocycles. The Bertz CT molecular complexity index is 557. The summed E-state index contributed by atoms with van der Waals surface area (Å²) in [5.41, 5.74) is 0.0985. The van der Waals surface area contributed by atoms with Gasteiger partial charge in [0, 0.05) is 17.7 Å². The number of aryl methyl sites for hydroxylation is 1. The molecule has 2 rings (SSSR count). The summed E-state index contributed by atoms with van der Waals surface area (Å²) >= 11 is 0. The molecule has 1 aliphatic rings. The molecule has 1 heterocycles. The molecule has 0 spiro atoms. The van der Waals surface area contributed by atoms with Crippen LogP contribution in [0, 0.1) is 0 Å². The van der Waals surface area contributed by atoms with Crippen molar-refractivity contribution in [1.82, 2.24) is 5.32 Å². The highest BCUT2D eigenvalue weighted by Crippen LogP contribution is 2.28. The summed E-state index contributed by atoms with van der Waals surface area (Å²) in [6.45, 7) is 0.435. The Balaban J connectivity index is 2.41. The number of carbonyl (C=O) groups is 2. The minimum Gasteiger partial charge on any atom is -0.352 e. The average molecular weight is 289 g/mol. The van der Waals surface area contributed by atoms with Crippen LogP contribution < -0.4 is 5.32 Å². The SMILES string of the molecule is O=C1NCCCc2ccc(C(=O)C(F)(F)C(F)F)cc21. The number of hydrogen-bond donors (Lipinski definition) is 1. The number of alkyl halides is 4. The van der Waals surface area contributed by atoms with Crippen LogP contribution in [-0.2, 0) is 6.42 Å². The number of fused-ring (bicyclic) bond motifs is 1. The second kappa shape index (κ2) is 5.22. The van der Waals surface area contributed by atoms with Crippen molar-refractivity contribution in [3.8, 4) is 0 Å². The Morgan fingerprint density at radius 1 is 1.30 bits per heavy atom. The first kappa shape index (κ1) is 14.5. The largest absolute Gasteiger partial charge is 0.368 e. The topological polar surface area (TPSA) is 46.2 Å². The van der Waals surface area contributed by atoms with E-state index in [1.807, 2.05) is 0 Å². The van der Waals surface area contributed by atoms with Gasteiger partial charge in [-0.1, -0.05) is 12.1 Å². The van der Waals surface area contributed by atoms with Crippen LogP contribution in [0.4, 0.5) is 17.6 Å². The van der Waals surface area contributed by atoms with E-state index in [4.69, 9.17) is 0 Å². The van der Waals surface area contributed by atoms with Crippen molar-refractivity contribution in [3.63, 3.8) is 0 Å². The van der Waals surface area contributed by atoms with Crippen molar-refractivity contribution < 1.29 is 27.2 Å². The van der Waals surface area contributed by atoms with Crippen LogP contribution in [0.3, 0.4) is 0 Å². The quantitative estimate of drug-likeness (QED) is 0.686. The lowest BCUT2D eigenvalue weighted by atomic mass is 9.97. The third-order valence-electron chi connectivity index (χ3n) is 3.10. The number of nitrogens with one attached hydrogen (secondary N) is 1. The van der Waals surface area contributed by atoms with Gasteiger partial charge in [-0.3, -0.25) is 9.59 Å². The van der Waals surface area contributed by atoms with E-state index < -0.39 is 29.6 Å². The highest BCUT2D eigenvalue weighted by molar-refractivity contribution is 6.04. The zero-order valence-corrected chi connectivity index (χ0v) is 10.3. The maximum atomic E-state index is 13.0. The van der Waals surface area contributed by atoms with Gasteiger partial charge in [0.25, 0.3) is 5.91 Å². The standard InChI is InChI=1S/C13H11F4NO2/c14-12(15)13(16,17)10(19)8-4-3-7-2-1-5-18-11(20)9(7)6-8/h3-4,6,12H,1-2,5H2,(H,18,20). The smallest absolute Gasteiger partial charge is 0.352 e. The Morgan fingerprint density at radius 2 is 2.00 bits per heavy atom. The lowest BCUT2D eigenvalue weighted by molar-refractivity contribution is -0.0958. The first-order valence-corrected chi connectivity index (χ1v) is 5.96. The Hall–Kier alpha value is -1.92. The van der Waals surface area contributed by atoms with Crippen molar-refractivity contribution in [2.24, 2.45) is 0 Å². The molecule has 3 nitrogen and oxygen atoms in total. The molecule has 0 radical (unpaired) electrons. The fourth-order valence-electron chi connectivity index (χ4n) is 2.01. The maximum absolute atomic E-state index is 13.0. The molecular formula is C13H11F4NO2. The number of halogens is 4. The van der Waals surface area contributed by atoms with Crippen molar-refractivity contribution in [2.45, 2.75) is 25.2 Å². The van der Waals surface area contributed by atoms with Crippen LogP contribution in [0.5, 0.6) is 0 Å². The summed E-state index contributed by atoms with van der Waals surface area (Å²) in [5, 5.41) is 2.54. The number of rotatable bonds is 3. The zero-order valence-electron chi connectivity index (χ0n) is 10.3. The lowest BCUT2D eigenvalue weighted by Gasteiger charge is -2.14. The lowest BCUT2D eigenvalue weighted by Crippen LogP contribution is -2.36. The van der Waals surface area contributed by atoms with Gasteiger partial charge in [0.1, 0.15) is 0 Å². The van der Waals surface area contributed by atoms with E-state index in [2.05, 4.69) is 5.32 Å². The van der Waals surface area contributed by atoms with Gasteiger partial charge >= 0.3 is 12.3 Å². The van der Waals surface area contributed by atoms with Crippen LogP contribution in [0.15, 0.2) is 18.2 Å². The predicted molar refractivity (Wildman–Crippen MR) is 62.4 cm³/mol. The highest BCUT2D eigenvalue weighted by Gasteiger charge is 2.49. The summed E-state index contributed by atoms with van der Waals surface area (Å²) in [6, 6.07) is 3.36. The molecule has 0 fully saturated rings. The number of ketones is 1. The molecule has 1 amide bonds. The van der Waals surface area contributed by atoms with E-state index in [-0.39, 0.29) is 5.56 Å². The Kier molecular flexibility index (Phi) is 3.78. The van der Waals surface area contributed by atoms with E-state index in [0.29, 0.717) is 24.9 Å². The molecule has 1 aromatic rings. The van der Waals surface area contributed by atoms with Crippen LogP contribution in [-0.4, -0.2) is 30.6 Å². The van der Waals surface area contributed by atoms with Crippen LogP contribution in [0.1, 0.15) is 32.7 Å². The molecule has 7 heteroatoms. The summed E-state index contributed by atoms with van der Waals surface area (Å²) in [4.78, 5) is 23.1. The first-order valence-electron chi connectivity index (χ1n) is 5.96. The minimum atomic E-state index is -4.75. The normalized spacial score (nSPS) is 15.6. The van der Waals surface area contributed by atoms with Crippen molar-refractivity contribution in [2.75, 3.05) is 6.54 Å². The van der Waals surface area contributed by atoms with E-state index >= 15 is 0 Å². The molecular weight excluding hydrogens is 278 g/mol. The Labute approximate surface area is 112 Å². The molecule has 1 N–H and O–H groups in total. The zero-order chi connectivity index (χ0) is 14.9. The molecule has 0 unspecified atom stereocenters. The minimum absolute atomic E-state index is 0.0819. The van der Waals surface area contributed by atoms with Crippen molar-refractivity contribution in [3.05, 3.63) is 34.9 Å². The highest BCUT2D eigenvalue weighted by atomic mass is 19.3. The van der Waals surface area contributed by atoms with Gasteiger partial charge in [0.2, 0.25) is 5.78 Å². The number of amides is 1. The van der Waals surface area contributed by atoms with Crippen molar-refractivity contribution >= 4 is 11.7 Å². The molecule has 0 bridgehead atoms. The molecule has 0 saturated carbocycles. The van der Waals surface area contributed by atoms with E-state index in [1.165, 1.54) is 6.07 Å². The van der Waals surface area contributed by atoms with Crippen LogP contribution >= 0.6 is 0 Å². The summed E-state index contributed by atoms with van der Waals surface area (Å²) in [5.74, 6) is -7.23. The van der Waals surface area contributed by atoms with Gasteiger partial charge in [-0.05, 0) is 24.5 Å². The van der Waals surface area contributed by atoms with Gasteiger partial charge in [-0.15, -0.1) is 0 Å². The molecule has 0 atom stereocenters. The number of carbonyl (C=O) groups excluding carboxylic acids is 2. The second-order valence-corrected chi connectivity index (χ2v) is 4.48. The second-order valence-electron chi connectivity index (χ2n) is 4.48. The molecule has 1 aromatic carbocycles. The van der Waals surface area contributed by atoms with Gasteiger partial charge < -0.3 is 5.32 Å². The van der Waals surface area contributed by atoms with Gasteiger partial charge in [-0.25, -0.2) is 8.78 Å². The molecule has 108 valence electrons. The van der Waals surface area contributed by atoms with Gasteiger partial charge in [0.15, 0.2) is 0 Å².